The van der Waals surface area contributed by atoms with E-state index in [1.165, 1.54) is 16.8 Å². The van der Waals surface area contributed by atoms with Crippen LogP contribution in [0.2, 0.25) is 0 Å². The number of rotatable bonds is 19. The van der Waals surface area contributed by atoms with E-state index in [4.69, 9.17) is 16.3 Å². The zero-order valence-corrected chi connectivity index (χ0v) is 30.4. The van der Waals surface area contributed by atoms with Gasteiger partial charge in [-0.3, -0.25) is 29.8 Å². The summed E-state index contributed by atoms with van der Waals surface area (Å²) in [5.41, 5.74) is 7.33. The fourth-order valence-electron chi connectivity index (χ4n) is 6.13. The van der Waals surface area contributed by atoms with Crippen molar-refractivity contribution in [2.24, 2.45) is 11.6 Å². The molecule has 15 nitrogen and oxygen atoms in total. The van der Waals surface area contributed by atoms with E-state index in [1.807, 2.05) is 73.5 Å². The predicted molar refractivity (Wildman–Crippen MR) is 195 cm³/mol. The van der Waals surface area contributed by atoms with Crippen molar-refractivity contribution in [1.82, 2.24) is 30.3 Å². The molecule has 0 unspecified atom stereocenters. The molecule has 1 heterocycles. The van der Waals surface area contributed by atoms with Crippen LogP contribution in [-0.2, 0) is 35.3 Å². The van der Waals surface area contributed by atoms with Gasteiger partial charge in [-0.15, -0.1) is 0 Å². The number of nitrogens with one attached hydrogen (secondary N) is 2. The van der Waals surface area contributed by atoms with Crippen LogP contribution in [0.4, 0.5) is 5.69 Å². The van der Waals surface area contributed by atoms with Gasteiger partial charge in [0.2, 0.25) is 29.5 Å². The maximum absolute atomic E-state index is 14.0. The molecule has 280 valence electrons. The van der Waals surface area contributed by atoms with Crippen molar-refractivity contribution in [1.29, 1.82) is 0 Å². The minimum absolute atomic E-state index is 0.0324. The number of piperidine rings is 1. The number of ether oxygens (including phenoxy) is 1. The van der Waals surface area contributed by atoms with Crippen molar-refractivity contribution in [3.63, 3.8) is 0 Å². The van der Waals surface area contributed by atoms with E-state index in [0.29, 0.717) is 19.4 Å². The third kappa shape index (κ3) is 12.7. The van der Waals surface area contributed by atoms with Gasteiger partial charge in [-0.05, 0) is 43.0 Å². The molecule has 0 saturated carbocycles. The number of hydrogen-bond acceptors (Lipinski definition) is 10. The van der Waals surface area contributed by atoms with Gasteiger partial charge in [0, 0.05) is 72.6 Å². The van der Waals surface area contributed by atoms with Crippen LogP contribution in [-0.4, -0.2) is 141 Å². The van der Waals surface area contributed by atoms with Gasteiger partial charge >= 0.3 is 0 Å². The Balaban J connectivity index is 1.67. The number of benzene rings is 2. The Morgan fingerprint density at radius 3 is 2.16 bits per heavy atom. The molecule has 0 spiro atoms. The number of hydrogen-bond donors (Lipinski definition) is 4. The lowest BCUT2D eigenvalue weighted by atomic mass is 9.85. The third-order valence-electron chi connectivity index (χ3n) is 9.10. The summed E-state index contributed by atoms with van der Waals surface area (Å²) in [6.07, 6.45) is 1.44. The minimum atomic E-state index is -0.573. The average Bonchev–Trinajstić information content (AvgIpc) is 3.11. The first-order valence-corrected chi connectivity index (χ1v) is 17.2. The van der Waals surface area contributed by atoms with Crippen molar-refractivity contribution < 1.29 is 28.7 Å². The normalized spacial score (nSPS) is 14.1. The van der Waals surface area contributed by atoms with E-state index < -0.39 is 29.2 Å². The quantitative estimate of drug-likeness (QED) is 0.111. The van der Waals surface area contributed by atoms with Crippen LogP contribution in [0.3, 0.4) is 0 Å². The van der Waals surface area contributed by atoms with Gasteiger partial charge in [0.1, 0.15) is 0 Å². The van der Waals surface area contributed by atoms with Gasteiger partial charge in [0.05, 0.1) is 38.3 Å². The first-order chi connectivity index (χ1) is 24.4. The second-order valence-electron chi connectivity index (χ2n) is 13.1. The van der Waals surface area contributed by atoms with Crippen LogP contribution in [0.5, 0.6) is 0 Å². The number of hydrazine groups is 1. The van der Waals surface area contributed by atoms with Gasteiger partial charge in [-0.1, -0.05) is 42.5 Å². The lowest BCUT2D eigenvalue weighted by Gasteiger charge is -2.48. The van der Waals surface area contributed by atoms with Crippen molar-refractivity contribution in [3.8, 4) is 0 Å². The first kappa shape index (κ1) is 41.0. The Hall–Kier alpha value is -4.41. The van der Waals surface area contributed by atoms with Crippen molar-refractivity contribution in [2.45, 2.75) is 38.3 Å². The number of nitrogens with zero attached hydrogens (tertiary/aromatic N) is 5. The molecule has 1 fully saturated rings. The summed E-state index contributed by atoms with van der Waals surface area (Å²) in [5.74, 6) is 3.81. The molecular formula is C36H55N9O6. The van der Waals surface area contributed by atoms with Crippen LogP contribution < -0.4 is 27.1 Å². The number of amides is 5. The molecule has 0 radical (unpaired) electrons. The van der Waals surface area contributed by atoms with Crippen molar-refractivity contribution in [2.75, 3.05) is 91.6 Å². The Kier molecular flexibility index (Phi) is 16.4. The van der Waals surface area contributed by atoms with Crippen LogP contribution in [0, 0.1) is 6.92 Å². The van der Waals surface area contributed by atoms with E-state index in [9.17, 15) is 24.0 Å². The van der Waals surface area contributed by atoms with E-state index in [1.54, 1.807) is 12.1 Å². The number of methoxy groups -OCH3 is 1. The Labute approximate surface area is 301 Å². The molecule has 0 bridgehead atoms. The summed E-state index contributed by atoms with van der Waals surface area (Å²) in [7, 11) is 4.92. The molecule has 0 atom stereocenters. The molecule has 1 aliphatic rings. The number of aryl methyl sites for hydroxylation is 1. The average molecular weight is 710 g/mol. The minimum Gasteiger partial charge on any atom is -0.382 e. The number of nitrogens with two attached hydrogens (primary N) is 2. The van der Waals surface area contributed by atoms with Crippen LogP contribution >= 0.6 is 0 Å². The summed E-state index contributed by atoms with van der Waals surface area (Å²) in [6, 6.07) is 17.0. The Morgan fingerprint density at radius 1 is 0.882 bits per heavy atom. The van der Waals surface area contributed by atoms with E-state index in [-0.39, 0.29) is 51.6 Å². The molecular weight excluding hydrogens is 654 g/mol. The van der Waals surface area contributed by atoms with Gasteiger partial charge in [0.25, 0.3) is 0 Å². The molecule has 1 saturated heterocycles. The van der Waals surface area contributed by atoms with Gasteiger partial charge in [0.15, 0.2) is 0 Å². The summed E-state index contributed by atoms with van der Waals surface area (Å²) in [6.45, 7) is 4.43. The molecule has 1 aliphatic heterocycles. The molecule has 2 aromatic carbocycles. The van der Waals surface area contributed by atoms with Crippen molar-refractivity contribution >= 4 is 35.2 Å². The summed E-state index contributed by atoms with van der Waals surface area (Å²) >= 11 is 0. The molecule has 0 aromatic heterocycles. The zero-order valence-electron chi connectivity index (χ0n) is 30.4. The van der Waals surface area contributed by atoms with E-state index in [0.717, 1.165) is 43.0 Å². The monoisotopic (exact) mass is 709 g/mol. The SMILES string of the molecule is COCC1(N(C(=O)CCNC(=O)CN(Cc2ccccc2C)C(=O)CNC(=O)CN(C)C(=O)CN)c2ccccc2)CCN(CCN(C)N)CC1. The highest BCUT2D eigenvalue weighted by molar-refractivity contribution is 5.95. The molecule has 6 N–H and O–H groups in total. The van der Waals surface area contributed by atoms with Crippen LogP contribution in [0.15, 0.2) is 54.6 Å². The second kappa shape index (κ2) is 20.4. The largest absolute Gasteiger partial charge is 0.382 e. The summed E-state index contributed by atoms with van der Waals surface area (Å²) in [4.78, 5) is 71.4. The maximum Gasteiger partial charge on any atom is 0.242 e. The Bertz CT molecular complexity index is 1450. The molecule has 5 amide bonds. The molecule has 3 rings (SSSR count). The number of carbonyl (C=O) groups is 5. The topological polar surface area (TPSA) is 187 Å². The highest BCUT2D eigenvalue weighted by atomic mass is 16.5. The lowest BCUT2D eigenvalue weighted by Crippen LogP contribution is -2.61. The van der Waals surface area contributed by atoms with Gasteiger partial charge in [-0.25, -0.2) is 5.01 Å². The molecule has 15 heteroatoms. The van der Waals surface area contributed by atoms with E-state index >= 15 is 0 Å². The van der Waals surface area contributed by atoms with Crippen LogP contribution in [0.25, 0.3) is 0 Å². The number of likely N-dealkylation sites (N-methyl/N-ethyl adjacent to an activating group) is 2. The lowest BCUT2D eigenvalue weighted by molar-refractivity contribution is -0.138. The summed E-state index contributed by atoms with van der Waals surface area (Å²) in [5, 5.41) is 7.00. The second-order valence-corrected chi connectivity index (χ2v) is 13.1. The van der Waals surface area contributed by atoms with E-state index in [2.05, 4.69) is 15.5 Å². The number of anilines is 1. The predicted octanol–water partition coefficient (Wildman–Crippen LogP) is -0.317. The fourth-order valence-corrected chi connectivity index (χ4v) is 6.13. The fraction of sp³-hybridized carbons (Fsp3) is 0.528. The first-order valence-electron chi connectivity index (χ1n) is 17.2. The zero-order chi connectivity index (χ0) is 37.4. The number of para-hydroxylation sites is 1. The standard InChI is InChI=1S/C36H55N9O6/c1-28-10-8-9-11-29(28)24-44(35(50)23-40-31(46)25-41(2)34(49)22-37)26-32(47)39-17-14-33(48)45(30-12-6-5-7-13-30)36(27-51-4)15-18-43(19-16-36)21-20-42(3)38/h5-13H,14-27,37-38H2,1-4H3,(H,39,47)(H,40,46). The van der Waals surface area contributed by atoms with Crippen LogP contribution in [0.1, 0.15) is 30.4 Å². The highest BCUT2D eigenvalue weighted by Crippen LogP contribution is 2.34. The Morgan fingerprint density at radius 2 is 1.53 bits per heavy atom. The van der Waals surface area contributed by atoms with Gasteiger partial charge in [-0.2, -0.15) is 0 Å². The molecule has 51 heavy (non-hydrogen) atoms. The van der Waals surface area contributed by atoms with Crippen molar-refractivity contribution in [3.05, 3.63) is 65.7 Å². The summed E-state index contributed by atoms with van der Waals surface area (Å²) < 4.78 is 5.71. The maximum atomic E-state index is 14.0. The number of likely N-dealkylation sites (tertiary alicyclic amines) is 1. The number of carbonyl (C=O) groups excluding carboxylic acids is 5. The highest BCUT2D eigenvalue weighted by Gasteiger charge is 2.43. The molecule has 2 aromatic rings. The molecule has 0 aliphatic carbocycles. The smallest absolute Gasteiger partial charge is 0.242 e. The van der Waals surface area contributed by atoms with Gasteiger partial charge < -0.3 is 40.7 Å². The third-order valence-corrected chi connectivity index (χ3v) is 9.10.